The third-order valence-corrected chi connectivity index (χ3v) is 3.98. The average Bonchev–Trinajstić information content (AvgIpc) is 2.37. The van der Waals surface area contributed by atoms with E-state index in [1.165, 1.54) is 0 Å². The number of hydrogen-bond donors (Lipinski definition) is 2. The predicted octanol–water partition coefficient (Wildman–Crippen LogP) is 3.67. The van der Waals surface area contributed by atoms with Crippen LogP contribution in [0.3, 0.4) is 0 Å². The molecule has 0 amide bonds. The molecule has 0 saturated carbocycles. The molecule has 0 aliphatic carbocycles. The lowest BCUT2D eigenvalue weighted by Gasteiger charge is -2.10. The fourth-order valence-electron chi connectivity index (χ4n) is 2.49. The first-order valence-corrected chi connectivity index (χ1v) is 7.78. The maximum absolute atomic E-state index is 11.3. The summed E-state index contributed by atoms with van der Waals surface area (Å²) in [7, 11) is -4.07. The van der Waals surface area contributed by atoms with E-state index in [0.717, 1.165) is 21.5 Å². The summed E-state index contributed by atoms with van der Waals surface area (Å²) in [5.74, 6) is 0. The largest absolute Gasteiger partial charge is 0.329 e. The van der Waals surface area contributed by atoms with Crippen LogP contribution in [0.5, 0.6) is 0 Å². The Hall–Kier alpha value is -1.67. The Balaban J connectivity index is 2.39. The molecule has 4 heteroatoms. The molecule has 0 fully saturated rings. The standard InChI is InChI=1S/C15H13O3P/c16-19(17,18)10-13-6-3-5-12-9-8-11-4-1-2-7-14(11)15(12)13/h1-9H,10H2,(H2,16,17,18). The van der Waals surface area contributed by atoms with Crippen LogP contribution in [0.1, 0.15) is 5.56 Å². The van der Waals surface area contributed by atoms with Crippen LogP contribution in [0.15, 0.2) is 54.6 Å². The third-order valence-electron chi connectivity index (χ3n) is 3.23. The van der Waals surface area contributed by atoms with Crippen molar-refractivity contribution in [2.24, 2.45) is 0 Å². The van der Waals surface area contributed by atoms with E-state index in [1.807, 2.05) is 48.5 Å². The first-order chi connectivity index (χ1) is 9.04. The van der Waals surface area contributed by atoms with Gasteiger partial charge in [0.2, 0.25) is 0 Å². The van der Waals surface area contributed by atoms with Crippen molar-refractivity contribution in [2.75, 3.05) is 0 Å². The smallest absolute Gasteiger partial charge is 0.324 e. The molecule has 3 rings (SSSR count). The molecule has 2 N–H and O–H groups in total. The molecule has 19 heavy (non-hydrogen) atoms. The molecule has 0 atom stereocenters. The van der Waals surface area contributed by atoms with Crippen molar-refractivity contribution in [1.29, 1.82) is 0 Å². The van der Waals surface area contributed by atoms with Crippen LogP contribution >= 0.6 is 7.60 Å². The fourth-order valence-corrected chi connectivity index (χ4v) is 3.20. The first-order valence-electron chi connectivity index (χ1n) is 5.98. The molecule has 0 aliphatic heterocycles. The van der Waals surface area contributed by atoms with E-state index in [4.69, 9.17) is 0 Å². The lowest BCUT2D eigenvalue weighted by molar-refractivity contribution is 0.372. The Labute approximate surface area is 110 Å². The van der Waals surface area contributed by atoms with Crippen LogP contribution in [0.25, 0.3) is 21.5 Å². The van der Waals surface area contributed by atoms with Gasteiger partial charge < -0.3 is 9.79 Å². The van der Waals surface area contributed by atoms with Gasteiger partial charge in [-0.15, -0.1) is 0 Å². The zero-order chi connectivity index (χ0) is 13.5. The van der Waals surface area contributed by atoms with Gasteiger partial charge in [0.15, 0.2) is 0 Å². The Kier molecular flexibility index (Phi) is 2.90. The molecule has 0 aromatic heterocycles. The minimum absolute atomic E-state index is 0.224. The quantitative estimate of drug-likeness (QED) is 0.552. The van der Waals surface area contributed by atoms with E-state index in [1.54, 1.807) is 6.07 Å². The van der Waals surface area contributed by atoms with Gasteiger partial charge in [0.1, 0.15) is 0 Å². The fraction of sp³-hybridized carbons (Fsp3) is 0.0667. The Morgan fingerprint density at radius 3 is 2.32 bits per heavy atom. The SMILES string of the molecule is O=P(O)(O)Cc1cccc2ccc3ccccc3c12. The maximum atomic E-state index is 11.3. The first kappa shape index (κ1) is 12.4. The van der Waals surface area contributed by atoms with Crippen molar-refractivity contribution in [2.45, 2.75) is 6.16 Å². The maximum Gasteiger partial charge on any atom is 0.329 e. The number of hydrogen-bond acceptors (Lipinski definition) is 1. The number of benzene rings is 3. The lowest BCUT2D eigenvalue weighted by Crippen LogP contribution is -1.90. The van der Waals surface area contributed by atoms with Gasteiger partial charge in [-0.1, -0.05) is 54.6 Å². The number of rotatable bonds is 2. The van der Waals surface area contributed by atoms with Crippen molar-refractivity contribution >= 4 is 29.1 Å². The van der Waals surface area contributed by atoms with E-state index in [2.05, 4.69) is 0 Å². The van der Waals surface area contributed by atoms with Crippen molar-refractivity contribution in [3.05, 3.63) is 60.2 Å². The Morgan fingerprint density at radius 2 is 1.53 bits per heavy atom. The van der Waals surface area contributed by atoms with Crippen molar-refractivity contribution in [3.63, 3.8) is 0 Å². The highest BCUT2D eigenvalue weighted by Crippen LogP contribution is 2.42. The normalized spacial score (nSPS) is 12.1. The molecule has 96 valence electrons. The topological polar surface area (TPSA) is 57.5 Å². The highest BCUT2D eigenvalue weighted by molar-refractivity contribution is 7.50. The average molecular weight is 272 g/mol. The second-order valence-electron chi connectivity index (χ2n) is 4.62. The third kappa shape index (κ3) is 2.41. The summed E-state index contributed by atoms with van der Waals surface area (Å²) < 4.78 is 11.3. The molecule has 0 bridgehead atoms. The van der Waals surface area contributed by atoms with E-state index < -0.39 is 7.60 Å². The predicted molar refractivity (Wildman–Crippen MR) is 77.2 cm³/mol. The van der Waals surface area contributed by atoms with Crippen molar-refractivity contribution < 1.29 is 14.4 Å². The van der Waals surface area contributed by atoms with Crippen LogP contribution in [0.2, 0.25) is 0 Å². The molecule has 0 aliphatic rings. The van der Waals surface area contributed by atoms with Gasteiger partial charge in [-0.2, -0.15) is 0 Å². The van der Waals surface area contributed by atoms with Gasteiger partial charge >= 0.3 is 7.60 Å². The zero-order valence-corrected chi connectivity index (χ0v) is 11.0. The molecule has 0 heterocycles. The van der Waals surface area contributed by atoms with Crippen LogP contribution < -0.4 is 0 Å². The van der Waals surface area contributed by atoms with E-state index in [9.17, 15) is 14.4 Å². The molecule has 3 aromatic rings. The Bertz CT molecular complexity index is 805. The summed E-state index contributed by atoms with van der Waals surface area (Å²) >= 11 is 0. The minimum Gasteiger partial charge on any atom is -0.324 e. The molecular formula is C15H13O3P. The van der Waals surface area contributed by atoms with Crippen LogP contribution in [-0.4, -0.2) is 9.79 Å². The molecule has 0 unspecified atom stereocenters. The summed E-state index contributed by atoms with van der Waals surface area (Å²) in [6.07, 6.45) is -0.224. The minimum atomic E-state index is -4.07. The van der Waals surface area contributed by atoms with E-state index in [-0.39, 0.29) is 6.16 Å². The Morgan fingerprint density at radius 1 is 0.842 bits per heavy atom. The molecule has 0 saturated heterocycles. The van der Waals surface area contributed by atoms with Crippen LogP contribution in [0.4, 0.5) is 0 Å². The van der Waals surface area contributed by atoms with Crippen molar-refractivity contribution in [3.8, 4) is 0 Å². The van der Waals surface area contributed by atoms with Gasteiger partial charge in [0, 0.05) is 0 Å². The van der Waals surface area contributed by atoms with E-state index in [0.29, 0.717) is 5.56 Å². The van der Waals surface area contributed by atoms with Crippen LogP contribution in [-0.2, 0) is 10.7 Å². The monoisotopic (exact) mass is 272 g/mol. The van der Waals surface area contributed by atoms with Gasteiger partial charge in [0.05, 0.1) is 6.16 Å². The summed E-state index contributed by atoms with van der Waals surface area (Å²) in [6, 6.07) is 17.5. The molecule has 0 radical (unpaired) electrons. The second-order valence-corrected chi connectivity index (χ2v) is 6.27. The summed E-state index contributed by atoms with van der Waals surface area (Å²) in [6.45, 7) is 0. The van der Waals surface area contributed by atoms with Crippen LogP contribution in [0, 0.1) is 0 Å². The van der Waals surface area contributed by atoms with E-state index >= 15 is 0 Å². The lowest BCUT2D eigenvalue weighted by atomic mass is 9.98. The van der Waals surface area contributed by atoms with Crippen molar-refractivity contribution in [1.82, 2.24) is 0 Å². The van der Waals surface area contributed by atoms with Gasteiger partial charge in [-0.25, -0.2) is 0 Å². The highest BCUT2D eigenvalue weighted by atomic mass is 31.2. The van der Waals surface area contributed by atoms with Gasteiger partial charge in [0.25, 0.3) is 0 Å². The molecule has 3 aromatic carbocycles. The number of fused-ring (bicyclic) bond motifs is 3. The zero-order valence-electron chi connectivity index (χ0n) is 10.2. The molecular weight excluding hydrogens is 259 g/mol. The molecule has 0 spiro atoms. The molecule has 3 nitrogen and oxygen atoms in total. The van der Waals surface area contributed by atoms with Gasteiger partial charge in [-0.3, -0.25) is 4.57 Å². The van der Waals surface area contributed by atoms with Gasteiger partial charge in [-0.05, 0) is 27.1 Å². The summed E-state index contributed by atoms with van der Waals surface area (Å²) in [4.78, 5) is 18.4. The summed E-state index contributed by atoms with van der Waals surface area (Å²) in [5.41, 5.74) is 0.697. The second kappa shape index (κ2) is 4.46. The summed E-state index contributed by atoms with van der Waals surface area (Å²) in [5, 5.41) is 4.05. The highest BCUT2D eigenvalue weighted by Gasteiger charge is 2.16.